The highest BCUT2D eigenvalue weighted by Crippen LogP contribution is 2.23. The van der Waals surface area contributed by atoms with Gasteiger partial charge in [-0.25, -0.2) is 0 Å². The van der Waals surface area contributed by atoms with Crippen molar-refractivity contribution in [3.63, 3.8) is 0 Å². The van der Waals surface area contributed by atoms with Crippen LogP contribution in [0.15, 0.2) is 5.16 Å². The number of nitrogens with two attached hydrogens (primary N) is 1. The third-order valence-corrected chi connectivity index (χ3v) is 3.86. The van der Waals surface area contributed by atoms with Crippen molar-refractivity contribution in [2.75, 3.05) is 0 Å². The zero-order valence-corrected chi connectivity index (χ0v) is 12.7. The summed E-state index contributed by atoms with van der Waals surface area (Å²) in [6.07, 6.45) is 2.84. The normalized spacial score (nSPS) is 13.0. The van der Waals surface area contributed by atoms with Gasteiger partial charge in [-0.1, -0.05) is 25.9 Å². The van der Waals surface area contributed by atoms with Crippen LogP contribution in [0, 0.1) is 19.3 Å². The Balaban J connectivity index is 2.64. The molecule has 1 aromatic heterocycles. The third kappa shape index (κ3) is 3.49. The molecule has 1 rings (SSSR count). The first-order valence-electron chi connectivity index (χ1n) is 6.84. The van der Waals surface area contributed by atoms with Crippen molar-refractivity contribution in [2.45, 2.75) is 60.4 Å². The molecular formula is C14H26N4O. The first kappa shape index (κ1) is 15.5. The Hall–Kier alpha value is -1.52. The zero-order valence-electron chi connectivity index (χ0n) is 12.7. The van der Waals surface area contributed by atoms with E-state index in [9.17, 15) is 0 Å². The Morgan fingerprint density at radius 3 is 2.53 bits per heavy atom. The van der Waals surface area contributed by atoms with E-state index in [2.05, 4.69) is 35.7 Å². The molecule has 0 unspecified atom stereocenters. The Morgan fingerprint density at radius 2 is 2.05 bits per heavy atom. The maximum absolute atomic E-state index is 8.75. The van der Waals surface area contributed by atoms with E-state index in [-0.39, 0.29) is 11.3 Å². The molecule has 1 aromatic rings. The molecule has 0 aliphatic rings. The highest BCUT2D eigenvalue weighted by atomic mass is 16.4. The molecule has 0 bridgehead atoms. The minimum Gasteiger partial charge on any atom is -0.409 e. The van der Waals surface area contributed by atoms with Crippen molar-refractivity contribution >= 4 is 5.84 Å². The lowest BCUT2D eigenvalue weighted by molar-refractivity contribution is 0.303. The molecule has 19 heavy (non-hydrogen) atoms. The van der Waals surface area contributed by atoms with E-state index in [4.69, 9.17) is 10.9 Å². The first-order chi connectivity index (χ1) is 8.83. The molecule has 0 atom stereocenters. The van der Waals surface area contributed by atoms with E-state index < -0.39 is 0 Å². The summed E-state index contributed by atoms with van der Waals surface area (Å²) in [6.45, 7) is 11.2. The highest BCUT2D eigenvalue weighted by Gasteiger charge is 2.23. The molecule has 5 nitrogen and oxygen atoms in total. The molecule has 1 heterocycles. The van der Waals surface area contributed by atoms with Crippen molar-refractivity contribution in [1.29, 1.82) is 0 Å². The van der Waals surface area contributed by atoms with Gasteiger partial charge in [0.15, 0.2) is 0 Å². The van der Waals surface area contributed by atoms with Crippen molar-refractivity contribution in [3.05, 3.63) is 17.0 Å². The Morgan fingerprint density at radius 1 is 1.42 bits per heavy atom. The number of nitrogens with zero attached hydrogens (tertiary/aromatic N) is 3. The lowest BCUT2D eigenvalue weighted by atomic mass is 9.86. The van der Waals surface area contributed by atoms with Crippen LogP contribution in [0.1, 0.15) is 50.6 Å². The summed E-state index contributed by atoms with van der Waals surface area (Å²) >= 11 is 0. The molecule has 0 fully saturated rings. The second-order valence-electron chi connectivity index (χ2n) is 5.70. The molecule has 0 saturated heterocycles. The van der Waals surface area contributed by atoms with Crippen LogP contribution in [0.3, 0.4) is 0 Å². The average Bonchev–Trinajstić information content (AvgIpc) is 2.62. The third-order valence-electron chi connectivity index (χ3n) is 3.86. The molecule has 5 heteroatoms. The smallest absolute Gasteiger partial charge is 0.144 e. The SMILES string of the molecule is CCc1c(C)nn(CCCC(C)(C)C(N)=NO)c1C. The first-order valence-corrected chi connectivity index (χ1v) is 6.84. The number of oxime groups is 1. The number of hydrogen-bond acceptors (Lipinski definition) is 3. The maximum Gasteiger partial charge on any atom is 0.144 e. The van der Waals surface area contributed by atoms with E-state index in [1.807, 2.05) is 13.8 Å². The standard InChI is InChI=1S/C14H26N4O/c1-6-12-10(2)16-18(11(12)3)9-7-8-14(4,5)13(15)17-19/h19H,6-9H2,1-5H3,(H2,15,17). The summed E-state index contributed by atoms with van der Waals surface area (Å²) in [6, 6.07) is 0. The number of rotatable bonds is 6. The van der Waals surface area contributed by atoms with E-state index in [1.54, 1.807) is 0 Å². The van der Waals surface area contributed by atoms with Crippen LogP contribution in [0.25, 0.3) is 0 Å². The average molecular weight is 266 g/mol. The second-order valence-corrected chi connectivity index (χ2v) is 5.70. The monoisotopic (exact) mass is 266 g/mol. The van der Waals surface area contributed by atoms with Crippen LogP contribution in [-0.4, -0.2) is 20.8 Å². The summed E-state index contributed by atoms with van der Waals surface area (Å²) in [7, 11) is 0. The predicted octanol–water partition coefficient (Wildman–Crippen LogP) is 2.62. The van der Waals surface area contributed by atoms with Gasteiger partial charge in [-0.05, 0) is 38.7 Å². The van der Waals surface area contributed by atoms with Gasteiger partial charge in [0.05, 0.1) is 5.69 Å². The van der Waals surface area contributed by atoms with Gasteiger partial charge in [0.25, 0.3) is 0 Å². The highest BCUT2D eigenvalue weighted by molar-refractivity contribution is 5.85. The Labute approximate surface area is 115 Å². The van der Waals surface area contributed by atoms with E-state index in [1.165, 1.54) is 11.3 Å². The number of aromatic nitrogens is 2. The maximum atomic E-state index is 8.75. The Bertz CT molecular complexity index is 460. The molecule has 0 spiro atoms. The van der Waals surface area contributed by atoms with Crippen LogP contribution in [-0.2, 0) is 13.0 Å². The van der Waals surface area contributed by atoms with Crippen molar-refractivity contribution < 1.29 is 5.21 Å². The summed E-state index contributed by atoms with van der Waals surface area (Å²) in [4.78, 5) is 0. The van der Waals surface area contributed by atoms with Gasteiger partial charge >= 0.3 is 0 Å². The summed E-state index contributed by atoms with van der Waals surface area (Å²) in [5.41, 5.74) is 9.12. The van der Waals surface area contributed by atoms with Gasteiger partial charge < -0.3 is 10.9 Å². The van der Waals surface area contributed by atoms with Crippen LogP contribution < -0.4 is 5.73 Å². The molecule has 0 aliphatic carbocycles. The number of aryl methyl sites for hydroxylation is 2. The minimum absolute atomic E-state index is 0.279. The Kier molecular flexibility index (Phi) is 4.97. The lowest BCUT2D eigenvalue weighted by Crippen LogP contribution is -2.32. The van der Waals surface area contributed by atoms with Crippen molar-refractivity contribution in [1.82, 2.24) is 9.78 Å². The van der Waals surface area contributed by atoms with E-state index in [0.717, 1.165) is 31.5 Å². The minimum atomic E-state index is -0.279. The fraction of sp³-hybridized carbons (Fsp3) is 0.714. The molecule has 0 radical (unpaired) electrons. The lowest BCUT2D eigenvalue weighted by Gasteiger charge is -2.22. The van der Waals surface area contributed by atoms with Crippen LogP contribution in [0.5, 0.6) is 0 Å². The molecule has 0 saturated carbocycles. The predicted molar refractivity (Wildman–Crippen MR) is 77.5 cm³/mol. The molecule has 0 aromatic carbocycles. The molecule has 3 N–H and O–H groups in total. The molecule has 0 amide bonds. The second kappa shape index (κ2) is 6.08. The zero-order chi connectivity index (χ0) is 14.6. The van der Waals surface area contributed by atoms with Gasteiger partial charge in [0, 0.05) is 17.7 Å². The van der Waals surface area contributed by atoms with Gasteiger partial charge in [-0.2, -0.15) is 5.10 Å². The van der Waals surface area contributed by atoms with Crippen LogP contribution in [0.4, 0.5) is 0 Å². The fourth-order valence-electron chi connectivity index (χ4n) is 2.40. The fourth-order valence-corrected chi connectivity index (χ4v) is 2.40. The van der Waals surface area contributed by atoms with Gasteiger partial charge in [0.1, 0.15) is 5.84 Å². The van der Waals surface area contributed by atoms with Gasteiger partial charge in [-0.15, -0.1) is 0 Å². The summed E-state index contributed by atoms with van der Waals surface area (Å²) < 4.78 is 2.07. The van der Waals surface area contributed by atoms with E-state index in [0.29, 0.717) is 0 Å². The van der Waals surface area contributed by atoms with Crippen molar-refractivity contribution in [2.24, 2.45) is 16.3 Å². The number of hydrogen-bond donors (Lipinski definition) is 2. The van der Waals surface area contributed by atoms with E-state index >= 15 is 0 Å². The summed E-state index contributed by atoms with van der Waals surface area (Å²) in [5, 5.41) is 16.4. The van der Waals surface area contributed by atoms with Crippen LogP contribution >= 0.6 is 0 Å². The number of amidine groups is 1. The topological polar surface area (TPSA) is 76.4 Å². The van der Waals surface area contributed by atoms with Gasteiger partial charge in [-0.3, -0.25) is 4.68 Å². The quantitative estimate of drug-likeness (QED) is 0.359. The summed E-state index contributed by atoms with van der Waals surface area (Å²) in [5.74, 6) is 0.287. The largest absolute Gasteiger partial charge is 0.409 e. The molecule has 0 aliphatic heterocycles. The van der Waals surface area contributed by atoms with Gasteiger partial charge in [0.2, 0.25) is 0 Å². The van der Waals surface area contributed by atoms with Crippen LogP contribution in [0.2, 0.25) is 0 Å². The molecular weight excluding hydrogens is 240 g/mol. The van der Waals surface area contributed by atoms with Crippen molar-refractivity contribution in [3.8, 4) is 0 Å². The molecule has 108 valence electrons.